The number of hydrogen-bond acceptors (Lipinski definition) is 4. The summed E-state index contributed by atoms with van der Waals surface area (Å²) < 4.78 is 7.79. The number of fused-ring (bicyclic) bond motifs is 5. The number of amides is 1. The van der Waals surface area contributed by atoms with Gasteiger partial charge >= 0.3 is 29.6 Å². The summed E-state index contributed by atoms with van der Waals surface area (Å²) in [6.07, 6.45) is 0. The zero-order valence-corrected chi connectivity index (χ0v) is 20.1. The average Bonchev–Trinajstić information content (AvgIpc) is 3.13. The van der Waals surface area contributed by atoms with Crippen LogP contribution in [-0.2, 0) is 11.3 Å². The van der Waals surface area contributed by atoms with Crippen LogP contribution in [0, 0.1) is 0 Å². The van der Waals surface area contributed by atoms with E-state index in [9.17, 15) is 14.7 Å². The van der Waals surface area contributed by atoms with Gasteiger partial charge in [0.15, 0.2) is 0 Å². The number of hydrogen-bond donors (Lipinski definition) is 1. The van der Waals surface area contributed by atoms with Crippen LogP contribution in [-0.4, -0.2) is 23.1 Å². The first-order chi connectivity index (χ1) is 15.5. The molecule has 1 amide bonds. The van der Waals surface area contributed by atoms with Gasteiger partial charge in [0.2, 0.25) is 5.91 Å². The minimum atomic E-state index is -1.32. The van der Waals surface area contributed by atoms with E-state index in [1.54, 1.807) is 18.2 Å². The summed E-state index contributed by atoms with van der Waals surface area (Å²) in [5.74, 6) is -1.52. The third kappa shape index (κ3) is 4.40. The first-order valence-corrected chi connectivity index (χ1v) is 10.2. The van der Waals surface area contributed by atoms with E-state index in [0.29, 0.717) is 28.6 Å². The Morgan fingerprint density at radius 2 is 1.62 bits per heavy atom. The maximum Gasteiger partial charge on any atom is 1.00 e. The molecule has 0 bridgehead atoms. The Hall–Kier alpha value is -3.32. The van der Waals surface area contributed by atoms with Gasteiger partial charge in [-0.15, -0.1) is 0 Å². The monoisotopic (exact) mass is 462 g/mol. The normalized spacial score (nSPS) is 10.6. The van der Waals surface area contributed by atoms with Crippen molar-refractivity contribution in [2.24, 2.45) is 5.73 Å². The first kappa shape index (κ1) is 25.3. The third-order valence-electron chi connectivity index (χ3n) is 5.63. The number of rotatable bonds is 6. The van der Waals surface area contributed by atoms with E-state index in [1.165, 1.54) is 0 Å². The van der Waals surface area contributed by atoms with Crippen molar-refractivity contribution in [3.8, 4) is 5.75 Å². The molecule has 1 heterocycles. The molecule has 0 aliphatic heterocycles. The fourth-order valence-corrected chi connectivity index (χ4v) is 4.36. The molecule has 4 aromatic carbocycles. The second-order valence-corrected chi connectivity index (χ2v) is 7.62. The number of aromatic nitrogens is 1. The van der Waals surface area contributed by atoms with Gasteiger partial charge in [-0.3, -0.25) is 4.79 Å². The number of primary amides is 1. The number of nitrogens with two attached hydrogens (primary N) is 1. The van der Waals surface area contributed by atoms with E-state index in [1.807, 2.05) is 60.7 Å². The summed E-state index contributed by atoms with van der Waals surface area (Å²) in [6.45, 7) is -0.0471. The molecule has 0 saturated heterocycles. The quantitative estimate of drug-likeness (QED) is 0.379. The molecule has 34 heavy (non-hydrogen) atoms. The van der Waals surface area contributed by atoms with E-state index < -0.39 is 18.5 Å². The topological polar surface area (TPSA) is 97.4 Å². The Bertz CT molecular complexity index is 1510. The summed E-state index contributed by atoms with van der Waals surface area (Å²) in [5, 5.41) is 14.3. The maximum absolute atomic E-state index is 12.3. The van der Waals surface area contributed by atoms with Crippen molar-refractivity contribution in [1.82, 2.24) is 4.57 Å². The predicted molar refractivity (Wildman–Crippen MR) is 128 cm³/mol. The van der Waals surface area contributed by atoms with Crippen LogP contribution in [0.2, 0.25) is 0 Å². The molecular weight excluding hydrogens is 439 g/mol. The zero-order valence-electron chi connectivity index (χ0n) is 18.1. The first-order valence-electron chi connectivity index (χ1n) is 10.2. The van der Waals surface area contributed by atoms with E-state index in [4.69, 9.17) is 10.5 Å². The molecule has 6 nitrogen and oxygen atoms in total. The van der Waals surface area contributed by atoms with Crippen molar-refractivity contribution in [3.05, 3.63) is 90.0 Å². The third-order valence-corrected chi connectivity index (χ3v) is 5.63. The van der Waals surface area contributed by atoms with Crippen LogP contribution in [0.1, 0.15) is 23.3 Å². The van der Waals surface area contributed by atoms with Gasteiger partial charge in [-0.25, -0.2) is 0 Å². The van der Waals surface area contributed by atoms with E-state index in [-0.39, 0.29) is 37.0 Å². The van der Waals surface area contributed by atoms with Gasteiger partial charge in [-0.05, 0) is 29.1 Å². The number of carboxylic acid groups (broad SMARTS) is 1. The molecule has 166 valence electrons. The van der Waals surface area contributed by atoms with Crippen LogP contribution in [0.25, 0.3) is 32.6 Å². The number of carboxylic acids is 1. The zero-order chi connectivity index (χ0) is 22.2. The second kappa shape index (κ2) is 10.3. The van der Waals surface area contributed by atoms with Crippen molar-refractivity contribution >= 4 is 44.5 Å². The number of carbonyl (C=O) groups excluding carboxylic acids is 2. The molecule has 5 aromatic rings. The van der Waals surface area contributed by atoms with Crippen LogP contribution in [0.3, 0.4) is 0 Å². The molecule has 2 N–H and O–H groups in total. The van der Waals surface area contributed by atoms with Gasteiger partial charge < -0.3 is 24.9 Å². The Morgan fingerprint density at radius 3 is 2.32 bits per heavy atom. The van der Waals surface area contributed by atoms with Crippen molar-refractivity contribution in [2.45, 2.75) is 14.0 Å². The van der Waals surface area contributed by atoms with E-state index in [0.717, 1.165) is 27.4 Å². The smallest absolute Gasteiger partial charge is 0.546 e. The van der Waals surface area contributed by atoms with Crippen LogP contribution < -0.4 is 45.1 Å². The fraction of sp³-hybridized carbons (Fsp3) is 0.111. The predicted octanol–water partition coefficient (Wildman–Crippen LogP) is 0.864. The van der Waals surface area contributed by atoms with Gasteiger partial charge in [0.25, 0.3) is 0 Å². The van der Waals surface area contributed by atoms with Crippen LogP contribution in [0.4, 0.5) is 0 Å². The van der Waals surface area contributed by atoms with Gasteiger partial charge in [-0.2, -0.15) is 0 Å². The average molecular weight is 462 g/mol. The molecule has 7 heteroatoms. The largest absolute Gasteiger partial charge is 1.00 e. The van der Waals surface area contributed by atoms with Crippen molar-refractivity contribution in [1.29, 1.82) is 0 Å². The number of benzene rings is 4. The van der Waals surface area contributed by atoms with Crippen molar-refractivity contribution < 1.29 is 49.0 Å². The Kier molecular flexibility index (Phi) is 7.67. The SMILES string of the molecule is C.NC(=O)c1cccc2c1c1c(OCC(=O)[O-])cc3ccccc3c1n2Cc1ccccc1.[Na+]. The molecule has 0 atom stereocenters. The Balaban J connectivity index is 0.00000162. The molecule has 0 aliphatic rings. The van der Waals surface area contributed by atoms with Gasteiger partial charge in [0.1, 0.15) is 12.4 Å². The number of nitrogens with zero attached hydrogens (tertiary/aromatic N) is 1. The number of carbonyl (C=O) groups is 2. The molecule has 0 fully saturated rings. The molecule has 0 radical (unpaired) electrons. The summed E-state index contributed by atoms with van der Waals surface area (Å²) in [7, 11) is 0. The summed E-state index contributed by atoms with van der Waals surface area (Å²) >= 11 is 0. The van der Waals surface area contributed by atoms with Gasteiger partial charge in [0.05, 0.1) is 22.4 Å². The van der Waals surface area contributed by atoms with Crippen molar-refractivity contribution in [2.75, 3.05) is 6.61 Å². The Labute approximate surface area is 219 Å². The van der Waals surface area contributed by atoms with E-state index >= 15 is 0 Å². The standard InChI is InChI=1S/C26H20N2O4.CH4.Na/c27-26(31)19-11-6-12-20-23(19)24-21(32-15-22(29)30)13-17-9-4-5-10-18(17)25(24)28(20)14-16-7-2-1-3-8-16;;/h1-13H,14-15H2,(H2,27,31)(H,29,30);1H4;/q;;+1/p-1. The van der Waals surface area contributed by atoms with Crippen LogP contribution in [0.15, 0.2) is 78.9 Å². The summed E-state index contributed by atoms with van der Waals surface area (Å²) in [6, 6.07) is 25.0. The molecular formula is C27H23N2NaO4. The molecule has 1 aromatic heterocycles. The minimum absolute atomic E-state index is 0. The van der Waals surface area contributed by atoms with Gasteiger partial charge in [-0.1, -0.05) is 68.1 Å². The molecule has 5 rings (SSSR count). The van der Waals surface area contributed by atoms with Crippen LogP contribution >= 0.6 is 0 Å². The maximum atomic E-state index is 12.3. The van der Waals surface area contributed by atoms with E-state index in [2.05, 4.69) is 4.57 Å². The van der Waals surface area contributed by atoms with Crippen molar-refractivity contribution in [3.63, 3.8) is 0 Å². The molecule has 0 unspecified atom stereocenters. The summed E-state index contributed by atoms with van der Waals surface area (Å²) in [5.41, 5.74) is 8.83. The molecule has 0 spiro atoms. The minimum Gasteiger partial charge on any atom is -0.546 e. The fourth-order valence-electron chi connectivity index (χ4n) is 4.36. The van der Waals surface area contributed by atoms with Gasteiger partial charge in [0, 0.05) is 22.9 Å². The molecule has 0 saturated carbocycles. The Morgan fingerprint density at radius 1 is 0.912 bits per heavy atom. The number of ether oxygens (including phenoxy) is 1. The van der Waals surface area contributed by atoms with Crippen LogP contribution in [0.5, 0.6) is 5.75 Å². The number of aliphatic carboxylic acids is 1. The second-order valence-electron chi connectivity index (χ2n) is 7.62. The molecule has 0 aliphatic carbocycles. The summed E-state index contributed by atoms with van der Waals surface area (Å²) in [4.78, 5) is 23.5.